The minimum absolute atomic E-state index is 0.0537. The van der Waals surface area contributed by atoms with Gasteiger partial charge in [0.15, 0.2) is 6.23 Å². The molecule has 0 bridgehead atoms. The highest BCUT2D eigenvalue weighted by Gasteiger charge is 2.43. The average Bonchev–Trinajstić information content (AvgIpc) is 2.95. The Balaban J connectivity index is 0.000000545. The van der Waals surface area contributed by atoms with E-state index in [9.17, 15) is 19.8 Å². The van der Waals surface area contributed by atoms with Gasteiger partial charge in [0.25, 0.3) is 0 Å². The summed E-state index contributed by atoms with van der Waals surface area (Å²) in [7, 11) is -4.64. The van der Waals surface area contributed by atoms with Crippen molar-refractivity contribution in [3.63, 3.8) is 0 Å². The van der Waals surface area contributed by atoms with E-state index >= 15 is 0 Å². The van der Waals surface area contributed by atoms with Crippen LogP contribution in [0.2, 0.25) is 0 Å². The van der Waals surface area contributed by atoms with Gasteiger partial charge in [-0.25, -0.2) is 9.36 Å². The molecule has 2 rings (SSSR count). The van der Waals surface area contributed by atoms with Gasteiger partial charge in [0.05, 0.1) is 18.8 Å². The molecule has 0 radical (unpaired) electrons. The van der Waals surface area contributed by atoms with E-state index in [1.165, 1.54) is 19.2 Å². The van der Waals surface area contributed by atoms with Crippen molar-refractivity contribution in [2.45, 2.75) is 56.2 Å². The number of ether oxygens (including phenoxy) is 1. The fraction of sp³-hybridized carbons (Fsp3) is 0.667. The van der Waals surface area contributed by atoms with Gasteiger partial charge in [-0.1, -0.05) is 0 Å². The molecule has 1 aromatic rings. The van der Waals surface area contributed by atoms with Crippen molar-refractivity contribution in [3.05, 3.63) is 22.7 Å². The molecule has 0 amide bonds. The smallest absolute Gasteiger partial charge is 0.394 e. The number of nitrogens with zero attached hydrogens (tertiary/aromatic N) is 2. The highest BCUT2D eigenvalue weighted by atomic mass is 31.2. The lowest BCUT2D eigenvalue weighted by molar-refractivity contribution is -0.113. The zero-order valence-corrected chi connectivity index (χ0v) is 17.7. The topological polar surface area (TPSA) is 286 Å². The van der Waals surface area contributed by atoms with E-state index in [1.807, 2.05) is 0 Å². The molecular weight excluding hydrogens is 461 g/mol. The number of aliphatic hydroxyl groups is 6. The molecule has 2 heterocycles. The lowest BCUT2D eigenvalue weighted by Gasteiger charge is -2.17. The Kier molecular flexibility index (Phi) is 12.9. The van der Waals surface area contributed by atoms with Crippen LogP contribution in [0.25, 0.3) is 0 Å². The molecule has 1 aliphatic heterocycles. The number of nitrogens with two attached hydrogens (primary N) is 1. The lowest BCUT2D eigenvalue weighted by Crippen LogP contribution is -2.36. The van der Waals surface area contributed by atoms with Crippen LogP contribution in [0.15, 0.2) is 17.1 Å². The number of hydrogen-bond donors (Lipinski definition) is 10. The number of aliphatic hydroxyl groups excluding tert-OH is 6. The summed E-state index contributed by atoms with van der Waals surface area (Å²) < 4.78 is 15.1. The molecule has 16 nitrogen and oxygen atoms in total. The Bertz CT molecular complexity index is 793. The minimum Gasteiger partial charge on any atom is -0.394 e. The fourth-order valence-corrected chi connectivity index (χ4v) is 2.29. The SMILES string of the molecule is CC(O)C(O)C(O)CC=O.Nc1ccn([C@@H]2O[C@H](CO)[C@@H](O)[C@H]2O)c(=O)n1.O=P(O)(O)O. The number of hydrogen-bond acceptors (Lipinski definition) is 12. The highest BCUT2D eigenvalue weighted by molar-refractivity contribution is 7.45. The van der Waals surface area contributed by atoms with Crippen LogP contribution in [0.1, 0.15) is 19.6 Å². The monoisotopic (exact) mass is 489 g/mol. The molecule has 3 unspecified atom stereocenters. The third kappa shape index (κ3) is 10.7. The first kappa shape index (κ1) is 30.2. The number of phosphoric acid groups is 1. The normalized spacial score (nSPS) is 25.4. The average molecular weight is 489 g/mol. The van der Waals surface area contributed by atoms with Gasteiger partial charge < -0.3 is 60.6 Å². The van der Waals surface area contributed by atoms with Gasteiger partial charge >= 0.3 is 13.5 Å². The zero-order valence-electron chi connectivity index (χ0n) is 16.8. The third-order valence-electron chi connectivity index (χ3n) is 3.87. The van der Waals surface area contributed by atoms with Crippen LogP contribution < -0.4 is 11.4 Å². The lowest BCUT2D eigenvalue weighted by atomic mass is 10.1. The number of aldehydes is 1. The molecular formula is C15H28N3O13P. The molecule has 0 saturated carbocycles. The molecule has 1 aliphatic rings. The molecule has 0 spiro atoms. The second-order valence-electron chi connectivity index (χ2n) is 6.49. The van der Waals surface area contributed by atoms with E-state index in [0.717, 1.165) is 4.57 Å². The Morgan fingerprint density at radius 2 is 1.78 bits per heavy atom. The van der Waals surface area contributed by atoms with Crippen molar-refractivity contribution in [3.8, 4) is 0 Å². The molecule has 1 aromatic heterocycles. The molecule has 0 aromatic carbocycles. The van der Waals surface area contributed by atoms with Crippen LogP contribution in [0.4, 0.5) is 5.82 Å². The summed E-state index contributed by atoms with van der Waals surface area (Å²) in [6, 6.07) is 1.37. The molecule has 1 fully saturated rings. The summed E-state index contributed by atoms with van der Waals surface area (Å²) in [4.78, 5) is 46.3. The van der Waals surface area contributed by atoms with Crippen LogP contribution in [0.5, 0.6) is 0 Å². The standard InChI is InChI=1S/C9H13N3O5.C6H12O4.H3O4P/c10-5-1-2-12(9(16)11-5)8-7(15)6(14)4(3-13)17-8;1-4(8)6(10)5(9)2-3-7;1-5(2,3)4/h1-2,4,6-8,13-15H,3H2,(H2,10,11,16);3-6,8-10H,2H2,1H3;(H3,1,2,3,4)/t4-,6-,7-,8-;;/m1../s1. The summed E-state index contributed by atoms with van der Waals surface area (Å²) in [6.07, 6.45) is -6.31. The first-order valence-corrected chi connectivity index (χ1v) is 10.4. The second kappa shape index (κ2) is 13.7. The van der Waals surface area contributed by atoms with Gasteiger partial charge in [0.2, 0.25) is 0 Å². The third-order valence-corrected chi connectivity index (χ3v) is 3.87. The van der Waals surface area contributed by atoms with Crippen molar-refractivity contribution < 1.29 is 59.4 Å². The predicted octanol–water partition coefficient (Wildman–Crippen LogP) is -4.81. The second-order valence-corrected chi connectivity index (χ2v) is 7.51. The Morgan fingerprint density at radius 3 is 2.16 bits per heavy atom. The van der Waals surface area contributed by atoms with Crippen LogP contribution in [0, 0.1) is 0 Å². The maximum atomic E-state index is 11.5. The zero-order chi connectivity index (χ0) is 25.2. The molecule has 1 saturated heterocycles. The Labute approximate surface area is 181 Å². The van der Waals surface area contributed by atoms with Crippen molar-refractivity contribution in [2.24, 2.45) is 0 Å². The number of nitrogen functional groups attached to an aromatic ring is 1. The van der Waals surface area contributed by atoms with E-state index in [-0.39, 0.29) is 12.2 Å². The van der Waals surface area contributed by atoms with Gasteiger partial charge in [0, 0.05) is 12.6 Å². The van der Waals surface area contributed by atoms with Gasteiger partial charge in [-0.15, -0.1) is 0 Å². The Hall–Kier alpha value is -1.82. The number of carbonyl (C=O) groups is 1. The summed E-state index contributed by atoms with van der Waals surface area (Å²) >= 11 is 0. The van der Waals surface area contributed by atoms with Crippen LogP contribution in [0.3, 0.4) is 0 Å². The molecule has 11 N–H and O–H groups in total. The maximum Gasteiger partial charge on any atom is 0.466 e. The van der Waals surface area contributed by atoms with Crippen LogP contribution in [-0.4, -0.2) is 104 Å². The fourth-order valence-electron chi connectivity index (χ4n) is 2.29. The first-order chi connectivity index (χ1) is 14.6. The van der Waals surface area contributed by atoms with Crippen molar-refractivity contribution in [2.75, 3.05) is 12.3 Å². The largest absolute Gasteiger partial charge is 0.466 e. The maximum absolute atomic E-state index is 11.5. The van der Waals surface area contributed by atoms with Gasteiger partial charge in [0.1, 0.15) is 36.5 Å². The van der Waals surface area contributed by atoms with Crippen LogP contribution in [-0.2, 0) is 14.1 Å². The van der Waals surface area contributed by atoms with E-state index < -0.39 is 63.0 Å². The predicted molar refractivity (Wildman–Crippen MR) is 105 cm³/mol. The van der Waals surface area contributed by atoms with Gasteiger partial charge in [-0.05, 0) is 13.0 Å². The summed E-state index contributed by atoms with van der Waals surface area (Å²) in [5.74, 6) is 0.0537. The highest BCUT2D eigenvalue weighted by Crippen LogP contribution is 2.28. The quantitative estimate of drug-likeness (QED) is 0.132. The van der Waals surface area contributed by atoms with Crippen molar-refractivity contribution in [1.82, 2.24) is 9.55 Å². The number of anilines is 1. The van der Waals surface area contributed by atoms with Crippen LogP contribution >= 0.6 is 7.82 Å². The number of carbonyl (C=O) groups excluding carboxylic acids is 1. The van der Waals surface area contributed by atoms with Crippen molar-refractivity contribution >= 4 is 19.9 Å². The van der Waals surface area contributed by atoms with Gasteiger partial charge in [-0.2, -0.15) is 4.98 Å². The Morgan fingerprint density at radius 1 is 1.25 bits per heavy atom. The number of aromatic nitrogens is 2. The van der Waals surface area contributed by atoms with Crippen molar-refractivity contribution in [1.29, 1.82) is 0 Å². The first-order valence-electron chi connectivity index (χ1n) is 8.87. The van der Waals surface area contributed by atoms with E-state index in [0.29, 0.717) is 6.29 Å². The molecule has 17 heteroatoms. The minimum atomic E-state index is -4.64. The summed E-state index contributed by atoms with van der Waals surface area (Å²) in [5, 5.41) is 54.6. The molecule has 0 aliphatic carbocycles. The van der Waals surface area contributed by atoms with Gasteiger partial charge in [-0.3, -0.25) is 4.57 Å². The van der Waals surface area contributed by atoms with E-state index in [4.69, 9.17) is 50.1 Å². The molecule has 7 atom stereocenters. The summed E-state index contributed by atoms with van der Waals surface area (Å²) in [6.45, 7) is 0.893. The van der Waals surface area contributed by atoms with E-state index in [2.05, 4.69) is 4.98 Å². The number of rotatable bonds is 6. The molecule has 32 heavy (non-hydrogen) atoms. The molecule has 186 valence electrons. The van der Waals surface area contributed by atoms with E-state index in [1.54, 1.807) is 0 Å². The summed E-state index contributed by atoms with van der Waals surface area (Å²) in [5.41, 5.74) is 4.63.